The lowest BCUT2D eigenvalue weighted by atomic mass is 9.69. The topological polar surface area (TPSA) is 60.8 Å². The molecule has 4 heteroatoms. The molecule has 150 valence electrons. The Labute approximate surface area is 167 Å². The summed E-state index contributed by atoms with van der Waals surface area (Å²) < 4.78 is 0. The second-order valence-electron chi connectivity index (χ2n) is 8.59. The largest absolute Gasteiger partial charge is 0.392 e. The quantitative estimate of drug-likeness (QED) is 0.819. The predicted molar refractivity (Wildman–Crippen MR) is 110 cm³/mol. The van der Waals surface area contributed by atoms with Crippen LogP contribution in [0.25, 0.3) is 0 Å². The lowest BCUT2D eigenvalue weighted by Gasteiger charge is -2.48. The minimum absolute atomic E-state index is 0.0978. The number of likely N-dealkylation sites (tertiary alicyclic amines) is 1. The van der Waals surface area contributed by atoms with E-state index in [1.807, 2.05) is 30.4 Å². The first-order valence-corrected chi connectivity index (χ1v) is 10.7. The third kappa shape index (κ3) is 3.73. The summed E-state index contributed by atoms with van der Waals surface area (Å²) in [5.41, 5.74) is 1.13. The van der Waals surface area contributed by atoms with E-state index in [-0.39, 0.29) is 17.4 Å². The molecule has 3 unspecified atom stereocenters. The number of aliphatic hydroxyl groups is 2. The number of carbonyl (C=O) groups excluding carboxylic acids is 1. The normalized spacial score (nSPS) is 30.2. The van der Waals surface area contributed by atoms with Crippen molar-refractivity contribution in [2.24, 2.45) is 5.92 Å². The summed E-state index contributed by atoms with van der Waals surface area (Å²) in [4.78, 5) is 15.3. The first-order valence-electron chi connectivity index (χ1n) is 10.7. The molecule has 28 heavy (non-hydrogen) atoms. The smallest absolute Gasteiger partial charge is 0.195 e. The number of Topliss-reactive ketones (excluding diaryl/α,β-unsaturated/α-hetero) is 1. The van der Waals surface area contributed by atoms with Gasteiger partial charge >= 0.3 is 0 Å². The highest BCUT2D eigenvalue weighted by molar-refractivity contribution is 6.01. The van der Waals surface area contributed by atoms with Crippen molar-refractivity contribution in [1.82, 2.24) is 4.90 Å². The monoisotopic (exact) mass is 381 g/mol. The predicted octanol–water partition coefficient (Wildman–Crippen LogP) is 3.56. The van der Waals surface area contributed by atoms with Gasteiger partial charge in [0.05, 0.1) is 6.10 Å². The van der Waals surface area contributed by atoms with Crippen LogP contribution in [0.1, 0.15) is 56.6 Å². The van der Waals surface area contributed by atoms with Crippen molar-refractivity contribution < 1.29 is 15.0 Å². The molecule has 2 N–H and O–H groups in total. The molecule has 1 saturated carbocycles. The van der Waals surface area contributed by atoms with Crippen molar-refractivity contribution in [2.75, 3.05) is 13.1 Å². The van der Waals surface area contributed by atoms with Gasteiger partial charge in [-0.1, -0.05) is 67.8 Å². The fourth-order valence-corrected chi connectivity index (χ4v) is 5.29. The van der Waals surface area contributed by atoms with Crippen LogP contribution < -0.4 is 0 Å². The van der Waals surface area contributed by atoms with Crippen molar-refractivity contribution in [3.8, 4) is 0 Å². The zero-order valence-electron chi connectivity index (χ0n) is 16.5. The summed E-state index contributed by atoms with van der Waals surface area (Å²) in [7, 11) is 0. The van der Waals surface area contributed by atoms with Crippen LogP contribution in [0.2, 0.25) is 0 Å². The third-order valence-corrected chi connectivity index (χ3v) is 6.91. The highest BCUT2D eigenvalue weighted by Crippen LogP contribution is 2.44. The Hall–Kier alpha value is -1.75. The zero-order chi connectivity index (χ0) is 19.6. The minimum Gasteiger partial charge on any atom is -0.392 e. The molecule has 4 rings (SSSR count). The molecule has 2 fully saturated rings. The van der Waals surface area contributed by atoms with Gasteiger partial charge in [-0.3, -0.25) is 9.69 Å². The van der Waals surface area contributed by atoms with Crippen molar-refractivity contribution in [1.29, 1.82) is 0 Å². The van der Waals surface area contributed by atoms with Gasteiger partial charge in [-0.25, -0.2) is 0 Å². The molecule has 3 atom stereocenters. The Morgan fingerprint density at radius 2 is 1.86 bits per heavy atom. The zero-order valence-corrected chi connectivity index (χ0v) is 16.5. The van der Waals surface area contributed by atoms with Gasteiger partial charge in [-0.05, 0) is 37.2 Å². The SMILES string of the molecule is O=C(C1=CCC(C2CCCCC2)(N2CCC(O)C2)C=C1)C(O)c1ccccc1. The van der Waals surface area contributed by atoms with Crippen LogP contribution in [0, 0.1) is 5.92 Å². The van der Waals surface area contributed by atoms with Crippen molar-refractivity contribution >= 4 is 5.78 Å². The Kier molecular flexibility index (Phi) is 5.81. The van der Waals surface area contributed by atoms with Crippen molar-refractivity contribution in [3.63, 3.8) is 0 Å². The Morgan fingerprint density at radius 1 is 1.11 bits per heavy atom. The number of hydrogen-bond donors (Lipinski definition) is 2. The number of β-amino-alcohol motifs (C(OH)–C–C–N with tert-alkyl or cyclic N) is 1. The second kappa shape index (κ2) is 8.32. The number of ketones is 1. The number of benzene rings is 1. The number of rotatable bonds is 5. The molecule has 0 aromatic heterocycles. The molecule has 3 aliphatic rings. The van der Waals surface area contributed by atoms with Gasteiger partial charge in [0, 0.05) is 24.2 Å². The molecule has 0 radical (unpaired) electrons. The van der Waals surface area contributed by atoms with E-state index in [0.29, 0.717) is 23.6 Å². The fourth-order valence-electron chi connectivity index (χ4n) is 5.29. The van der Waals surface area contributed by atoms with Crippen LogP contribution in [-0.2, 0) is 4.79 Å². The fraction of sp³-hybridized carbons (Fsp3) is 0.542. The Balaban J connectivity index is 1.55. The van der Waals surface area contributed by atoms with E-state index in [1.54, 1.807) is 12.1 Å². The van der Waals surface area contributed by atoms with Crippen LogP contribution in [0.15, 0.2) is 54.1 Å². The average Bonchev–Trinajstić information content (AvgIpc) is 3.21. The lowest BCUT2D eigenvalue weighted by molar-refractivity contribution is -0.123. The van der Waals surface area contributed by atoms with Gasteiger partial charge in [-0.2, -0.15) is 0 Å². The lowest BCUT2D eigenvalue weighted by Crippen LogP contribution is -2.53. The van der Waals surface area contributed by atoms with E-state index < -0.39 is 6.10 Å². The van der Waals surface area contributed by atoms with Gasteiger partial charge in [0.1, 0.15) is 6.10 Å². The van der Waals surface area contributed by atoms with E-state index in [9.17, 15) is 15.0 Å². The molecule has 0 bridgehead atoms. The van der Waals surface area contributed by atoms with Crippen molar-refractivity contribution in [2.45, 2.75) is 62.7 Å². The van der Waals surface area contributed by atoms with Crippen LogP contribution in [0.4, 0.5) is 0 Å². The van der Waals surface area contributed by atoms with Crippen LogP contribution in [0.3, 0.4) is 0 Å². The first-order chi connectivity index (χ1) is 13.6. The van der Waals surface area contributed by atoms with Gasteiger partial charge in [0.15, 0.2) is 5.78 Å². The van der Waals surface area contributed by atoms with E-state index in [1.165, 1.54) is 32.1 Å². The Bertz CT molecular complexity index is 744. The number of nitrogens with zero attached hydrogens (tertiary/aromatic N) is 1. The van der Waals surface area contributed by atoms with Gasteiger partial charge in [-0.15, -0.1) is 0 Å². The van der Waals surface area contributed by atoms with E-state index in [4.69, 9.17) is 0 Å². The molecule has 1 saturated heterocycles. The van der Waals surface area contributed by atoms with E-state index in [2.05, 4.69) is 11.0 Å². The van der Waals surface area contributed by atoms with E-state index in [0.717, 1.165) is 19.4 Å². The summed E-state index contributed by atoms with van der Waals surface area (Å²) >= 11 is 0. The highest BCUT2D eigenvalue weighted by atomic mass is 16.3. The summed E-state index contributed by atoms with van der Waals surface area (Å²) in [6, 6.07) is 9.12. The second-order valence-corrected chi connectivity index (χ2v) is 8.59. The maximum Gasteiger partial charge on any atom is 0.195 e. The molecular weight excluding hydrogens is 350 g/mol. The van der Waals surface area contributed by atoms with Crippen LogP contribution in [-0.4, -0.2) is 45.6 Å². The molecular formula is C24H31NO3. The van der Waals surface area contributed by atoms with E-state index >= 15 is 0 Å². The first kappa shape index (κ1) is 19.6. The maximum absolute atomic E-state index is 12.8. The minimum atomic E-state index is -1.12. The van der Waals surface area contributed by atoms with Gasteiger partial charge in [0.25, 0.3) is 0 Å². The number of allylic oxidation sites excluding steroid dienone is 1. The standard InChI is InChI=1S/C24H31NO3/c26-21-13-16-25(17-21)24(20-9-5-2-6-10-20)14-11-19(12-15-24)23(28)22(27)18-7-3-1-4-8-18/h1,3-4,7-8,11-12,14,20-22,26-27H,2,5-6,9-10,13,15-17H2. The van der Waals surface area contributed by atoms with Crippen LogP contribution >= 0.6 is 0 Å². The number of hydrogen-bond acceptors (Lipinski definition) is 4. The van der Waals surface area contributed by atoms with Gasteiger partial charge < -0.3 is 10.2 Å². The molecule has 2 aliphatic carbocycles. The third-order valence-electron chi connectivity index (χ3n) is 6.91. The molecule has 0 amide bonds. The van der Waals surface area contributed by atoms with Gasteiger partial charge in [0.2, 0.25) is 0 Å². The number of carbonyl (C=O) groups is 1. The van der Waals surface area contributed by atoms with Crippen LogP contribution in [0.5, 0.6) is 0 Å². The summed E-state index contributed by atoms with van der Waals surface area (Å²) in [5, 5.41) is 20.6. The molecule has 1 aromatic rings. The summed E-state index contributed by atoms with van der Waals surface area (Å²) in [6.45, 7) is 1.62. The molecule has 1 heterocycles. The summed E-state index contributed by atoms with van der Waals surface area (Å²) in [6.07, 6.45) is 12.7. The maximum atomic E-state index is 12.8. The van der Waals surface area contributed by atoms with Crippen molar-refractivity contribution in [3.05, 3.63) is 59.7 Å². The molecule has 1 aliphatic heterocycles. The number of aliphatic hydroxyl groups excluding tert-OH is 2. The molecule has 4 nitrogen and oxygen atoms in total. The molecule has 0 spiro atoms. The summed E-state index contributed by atoms with van der Waals surface area (Å²) in [5.74, 6) is 0.330. The molecule has 1 aromatic carbocycles. The highest BCUT2D eigenvalue weighted by Gasteiger charge is 2.45. The Morgan fingerprint density at radius 3 is 2.46 bits per heavy atom. The average molecular weight is 382 g/mol.